The largest absolute Gasteiger partial charge is 0.416 e. The van der Waals surface area contributed by atoms with Crippen LogP contribution in [0.4, 0.5) is 33.3 Å². The van der Waals surface area contributed by atoms with Gasteiger partial charge in [-0.2, -0.15) is 13.2 Å². The Kier molecular flexibility index (Phi) is 8.55. The van der Waals surface area contributed by atoms with Crippen molar-refractivity contribution in [3.05, 3.63) is 58.7 Å². The van der Waals surface area contributed by atoms with Crippen molar-refractivity contribution in [2.45, 2.75) is 47.2 Å². The summed E-state index contributed by atoms with van der Waals surface area (Å²) in [5, 5.41) is 2.47. The van der Waals surface area contributed by atoms with E-state index in [9.17, 15) is 31.5 Å². The molecule has 0 bridgehead atoms. The molecule has 2 atom stereocenters. The number of hydrogen-bond acceptors (Lipinski definition) is 3. The van der Waals surface area contributed by atoms with Crippen LogP contribution in [0.5, 0.6) is 0 Å². The minimum atomic E-state index is -4.88. The van der Waals surface area contributed by atoms with E-state index in [4.69, 9.17) is 0 Å². The van der Waals surface area contributed by atoms with Crippen LogP contribution in [0.15, 0.2) is 36.4 Å². The number of rotatable bonds is 8. The highest BCUT2D eigenvalue weighted by Gasteiger charge is 2.56. The predicted molar refractivity (Wildman–Crippen MR) is 137 cm³/mol. The van der Waals surface area contributed by atoms with Crippen LogP contribution in [0.3, 0.4) is 0 Å². The minimum absolute atomic E-state index is 0.00632. The third-order valence-electron chi connectivity index (χ3n) is 7.09. The molecule has 1 N–H and O–H groups in total. The van der Waals surface area contributed by atoms with Gasteiger partial charge in [0.1, 0.15) is 0 Å². The molecular weight excluding hydrogens is 505 g/mol. The van der Waals surface area contributed by atoms with Crippen LogP contribution < -0.4 is 10.2 Å². The van der Waals surface area contributed by atoms with E-state index < -0.39 is 46.7 Å². The molecule has 2 aromatic carbocycles. The first-order valence-electron chi connectivity index (χ1n) is 12.4. The van der Waals surface area contributed by atoms with E-state index in [2.05, 4.69) is 5.32 Å². The van der Waals surface area contributed by atoms with E-state index >= 15 is 0 Å². The normalized spacial score (nSPS) is 20.2. The monoisotopic (exact) mass is 539 g/mol. The van der Waals surface area contributed by atoms with Crippen LogP contribution >= 0.6 is 0 Å². The number of carbonyl (C=O) groups is 2. The van der Waals surface area contributed by atoms with Crippen molar-refractivity contribution in [1.82, 2.24) is 4.90 Å². The van der Waals surface area contributed by atoms with Crippen molar-refractivity contribution in [2.75, 3.05) is 36.9 Å². The summed E-state index contributed by atoms with van der Waals surface area (Å²) >= 11 is 0. The van der Waals surface area contributed by atoms with Crippen LogP contribution in [0.1, 0.15) is 49.5 Å². The van der Waals surface area contributed by atoms with Gasteiger partial charge in [0.2, 0.25) is 11.8 Å². The molecule has 0 aliphatic carbocycles. The zero-order valence-corrected chi connectivity index (χ0v) is 22.4. The number of hydrogen-bond donors (Lipinski definition) is 1. The maximum Gasteiger partial charge on any atom is 0.416 e. The average molecular weight is 540 g/mol. The number of nitrogens with zero attached hydrogens (tertiary/aromatic N) is 2. The topological polar surface area (TPSA) is 52.6 Å². The Balaban J connectivity index is 2.08. The fraction of sp³-hybridized carbons (Fsp3) is 0.500. The molecule has 2 aromatic rings. The molecular formula is C28H34F5N3O2. The number of benzene rings is 2. The van der Waals surface area contributed by atoms with Crippen LogP contribution in [0, 0.1) is 31.1 Å². The Morgan fingerprint density at radius 1 is 1.16 bits per heavy atom. The summed E-state index contributed by atoms with van der Waals surface area (Å²) in [5.41, 5.74) is -1.51. The second-order valence-electron chi connectivity index (χ2n) is 10.7. The summed E-state index contributed by atoms with van der Waals surface area (Å²) in [6.45, 7) is 10.1. The molecule has 1 aliphatic rings. The maximum absolute atomic E-state index is 13.9. The predicted octanol–water partition coefficient (Wildman–Crippen LogP) is 6.46. The molecule has 1 unspecified atom stereocenters. The molecule has 0 aromatic heterocycles. The number of nitrogens with one attached hydrogen (secondary N) is 1. The number of amides is 2. The first kappa shape index (κ1) is 29.5. The van der Waals surface area contributed by atoms with Crippen molar-refractivity contribution >= 4 is 23.2 Å². The summed E-state index contributed by atoms with van der Waals surface area (Å²) in [6.07, 6.45) is -8.04. The summed E-state index contributed by atoms with van der Waals surface area (Å²) in [5.74, 6) is -1.55. The van der Waals surface area contributed by atoms with E-state index in [1.807, 2.05) is 57.8 Å². The third-order valence-corrected chi connectivity index (χ3v) is 7.09. The summed E-state index contributed by atoms with van der Waals surface area (Å²) in [7, 11) is 1.81. The molecule has 38 heavy (non-hydrogen) atoms. The molecule has 0 spiro atoms. The fourth-order valence-corrected chi connectivity index (χ4v) is 5.35. The second kappa shape index (κ2) is 11.0. The summed E-state index contributed by atoms with van der Waals surface area (Å²) in [6, 6.07) is 7.44. The highest BCUT2D eigenvalue weighted by Crippen LogP contribution is 2.43. The van der Waals surface area contributed by atoms with Crippen molar-refractivity contribution in [1.29, 1.82) is 0 Å². The van der Waals surface area contributed by atoms with Gasteiger partial charge in [-0.25, -0.2) is 8.78 Å². The molecule has 5 nitrogen and oxygen atoms in total. The molecule has 3 rings (SSSR count). The van der Waals surface area contributed by atoms with Gasteiger partial charge in [-0.3, -0.25) is 9.59 Å². The van der Waals surface area contributed by atoms with Crippen LogP contribution in [-0.4, -0.2) is 43.4 Å². The Labute approximate surface area is 220 Å². The number of alkyl halides is 5. The van der Waals surface area contributed by atoms with Gasteiger partial charge in [0.05, 0.1) is 16.9 Å². The molecule has 1 aliphatic heterocycles. The Morgan fingerprint density at radius 2 is 1.76 bits per heavy atom. The van der Waals surface area contributed by atoms with E-state index in [0.29, 0.717) is 24.4 Å². The zero-order chi connectivity index (χ0) is 28.6. The Bertz CT molecular complexity index is 1180. The van der Waals surface area contributed by atoms with Crippen molar-refractivity contribution in [2.24, 2.45) is 17.3 Å². The quantitative estimate of drug-likeness (QED) is 0.392. The number of para-hydroxylation sites is 1. The number of halogens is 5. The minimum Gasteiger partial charge on any atom is -0.325 e. The van der Waals surface area contributed by atoms with Crippen molar-refractivity contribution < 1.29 is 31.5 Å². The van der Waals surface area contributed by atoms with Gasteiger partial charge in [-0.05, 0) is 56.1 Å². The maximum atomic E-state index is 13.9. The molecule has 1 saturated heterocycles. The lowest BCUT2D eigenvalue weighted by Gasteiger charge is -2.35. The number of carbonyl (C=O) groups excluding carboxylic acids is 2. The lowest BCUT2D eigenvalue weighted by Crippen LogP contribution is -2.50. The number of anilines is 2. The van der Waals surface area contributed by atoms with Crippen molar-refractivity contribution in [3.63, 3.8) is 0 Å². The van der Waals surface area contributed by atoms with Gasteiger partial charge < -0.3 is 15.1 Å². The van der Waals surface area contributed by atoms with Gasteiger partial charge in [0, 0.05) is 36.6 Å². The van der Waals surface area contributed by atoms with Crippen molar-refractivity contribution in [3.8, 4) is 0 Å². The smallest absolute Gasteiger partial charge is 0.325 e. The van der Waals surface area contributed by atoms with E-state index in [1.165, 1.54) is 0 Å². The Hall–Kier alpha value is -3.01. The van der Waals surface area contributed by atoms with Crippen LogP contribution in [0.25, 0.3) is 0 Å². The number of aryl methyl sites for hydroxylation is 2. The van der Waals surface area contributed by atoms with Gasteiger partial charge >= 0.3 is 6.18 Å². The Morgan fingerprint density at radius 3 is 2.29 bits per heavy atom. The lowest BCUT2D eigenvalue weighted by molar-refractivity contribution is -0.137. The second-order valence-corrected chi connectivity index (χ2v) is 10.7. The zero-order valence-electron chi connectivity index (χ0n) is 22.4. The summed E-state index contributed by atoms with van der Waals surface area (Å²) < 4.78 is 67.1. The van der Waals surface area contributed by atoms with Gasteiger partial charge in [0.15, 0.2) is 0 Å². The van der Waals surface area contributed by atoms with Crippen LogP contribution in [-0.2, 0) is 15.8 Å². The fourth-order valence-electron chi connectivity index (χ4n) is 5.35. The average Bonchev–Trinajstić information content (AvgIpc) is 3.03. The van der Waals surface area contributed by atoms with Gasteiger partial charge in [0.25, 0.3) is 6.43 Å². The SMILES string of the molecule is Cc1cccc(C)c1N1C[C@@](CN(C)CC(C)C)(C(=O)Nc2cc(C(F)F)cc(C(F)(F)F)c2)C(C)C1=O. The van der Waals surface area contributed by atoms with Gasteiger partial charge in [-0.15, -0.1) is 0 Å². The summed E-state index contributed by atoms with van der Waals surface area (Å²) in [4.78, 5) is 31.0. The standard InChI is InChI=1S/C28H34F5N3O2/c1-16(2)13-35(6)14-27(15-36(25(37)19(27)5)23-17(3)8-7-9-18(23)4)26(38)34-22-11-20(24(29)30)10-21(12-22)28(31,32)33/h7-12,16,19,24H,13-15H2,1-6H3,(H,34,38)/t19?,27-/m1/s1. The van der Waals surface area contributed by atoms with E-state index in [0.717, 1.165) is 17.2 Å². The highest BCUT2D eigenvalue weighted by atomic mass is 19.4. The molecule has 208 valence electrons. The lowest BCUT2D eigenvalue weighted by atomic mass is 9.77. The van der Waals surface area contributed by atoms with Gasteiger partial charge in [-0.1, -0.05) is 39.0 Å². The highest BCUT2D eigenvalue weighted by molar-refractivity contribution is 6.08. The van der Waals surface area contributed by atoms with Crippen LogP contribution in [0.2, 0.25) is 0 Å². The molecule has 10 heteroatoms. The first-order chi connectivity index (χ1) is 17.6. The molecule has 0 radical (unpaired) electrons. The molecule has 1 heterocycles. The van der Waals surface area contributed by atoms with E-state index in [1.54, 1.807) is 11.8 Å². The first-order valence-corrected chi connectivity index (χ1v) is 12.4. The molecule has 2 amide bonds. The third kappa shape index (κ3) is 6.00. The molecule has 1 fully saturated rings. The molecule has 0 saturated carbocycles. The van der Waals surface area contributed by atoms with E-state index in [-0.39, 0.29) is 24.9 Å².